The Bertz CT molecular complexity index is 837. The lowest BCUT2D eigenvalue weighted by Gasteiger charge is -2.13. The molecule has 1 fully saturated rings. The molecule has 1 amide bonds. The molecule has 134 valence electrons. The molecule has 0 spiro atoms. The molecule has 1 aromatic carbocycles. The van der Waals surface area contributed by atoms with Crippen LogP contribution in [-0.2, 0) is 16.6 Å². The van der Waals surface area contributed by atoms with Crippen LogP contribution in [0.25, 0.3) is 0 Å². The summed E-state index contributed by atoms with van der Waals surface area (Å²) >= 11 is 0. The summed E-state index contributed by atoms with van der Waals surface area (Å²) in [6.07, 6.45) is 3.32. The Morgan fingerprint density at radius 1 is 1.24 bits per heavy atom. The third-order valence-electron chi connectivity index (χ3n) is 4.22. The van der Waals surface area contributed by atoms with Gasteiger partial charge in [-0.2, -0.15) is 0 Å². The SMILES string of the molecule is COc1ccc(CNS(=O)(=O)c2c[nH]c(C(=O)N3CCCC3)c2)cc1. The van der Waals surface area contributed by atoms with Gasteiger partial charge < -0.3 is 14.6 Å². The van der Waals surface area contributed by atoms with E-state index in [0.717, 1.165) is 31.5 Å². The zero-order valence-electron chi connectivity index (χ0n) is 14.0. The van der Waals surface area contributed by atoms with Gasteiger partial charge in [0.05, 0.1) is 7.11 Å². The number of H-pyrrole nitrogens is 1. The molecule has 0 atom stereocenters. The van der Waals surface area contributed by atoms with Crippen LogP contribution in [0, 0.1) is 0 Å². The molecule has 0 radical (unpaired) electrons. The first-order valence-electron chi connectivity index (χ1n) is 8.10. The maximum atomic E-state index is 12.4. The molecule has 2 aromatic rings. The van der Waals surface area contributed by atoms with E-state index in [0.29, 0.717) is 11.4 Å². The highest BCUT2D eigenvalue weighted by Gasteiger charge is 2.23. The van der Waals surface area contributed by atoms with Crippen molar-refractivity contribution >= 4 is 15.9 Å². The average Bonchev–Trinajstić information content (AvgIpc) is 3.31. The van der Waals surface area contributed by atoms with Gasteiger partial charge in [-0.05, 0) is 36.6 Å². The lowest BCUT2D eigenvalue weighted by atomic mass is 10.2. The number of benzene rings is 1. The minimum absolute atomic E-state index is 0.0589. The van der Waals surface area contributed by atoms with E-state index in [2.05, 4.69) is 9.71 Å². The van der Waals surface area contributed by atoms with Crippen molar-refractivity contribution < 1.29 is 17.9 Å². The van der Waals surface area contributed by atoms with Crippen molar-refractivity contribution in [3.63, 3.8) is 0 Å². The van der Waals surface area contributed by atoms with Gasteiger partial charge in [-0.3, -0.25) is 4.79 Å². The lowest BCUT2D eigenvalue weighted by Crippen LogP contribution is -2.27. The first kappa shape index (κ1) is 17.5. The number of ether oxygens (including phenoxy) is 1. The van der Waals surface area contributed by atoms with Crippen LogP contribution < -0.4 is 9.46 Å². The molecule has 0 aliphatic carbocycles. The van der Waals surface area contributed by atoms with Crippen LogP contribution in [0.1, 0.15) is 28.9 Å². The van der Waals surface area contributed by atoms with Gasteiger partial charge in [0.15, 0.2) is 0 Å². The second kappa shape index (κ2) is 7.28. The maximum absolute atomic E-state index is 12.4. The fraction of sp³-hybridized carbons (Fsp3) is 0.353. The largest absolute Gasteiger partial charge is 0.497 e. The summed E-state index contributed by atoms with van der Waals surface area (Å²) in [5.74, 6) is 0.552. The summed E-state index contributed by atoms with van der Waals surface area (Å²) in [5, 5.41) is 0. The third kappa shape index (κ3) is 4.02. The van der Waals surface area contributed by atoms with E-state index in [1.54, 1.807) is 36.3 Å². The predicted octanol–water partition coefficient (Wildman–Crippen LogP) is 1.74. The van der Waals surface area contributed by atoms with Crippen LogP contribution in [-0.4, -0.2) is 44.4 Å². The van der Waals surface area contributed by atoms with Crippen molar-refractivity contribution in [3.8, 4) is 5.75 Å². The number of aromatic nitrogens is 1. The van der Waals surface area contributed by atoms with E-state index in [1.807, 2.05) is 0 Å². The van der Waals surface area contributed by atoms with Crippen molar-refractivity contribution in [3.05, 3.63) is 47.8 Å². The first-order valence-corrected chi connectivity index (χ1v) is 9.58. The van der Waals surface area contributed by atoms with Crippen molar-refractivity contribution in [2.24, 2.45) is 0 Å². The molecular weight excluding hydrogens is 342 g/mol. The van der Waals surface area contributed by atoms with Gasteiger partial charge in [-0.15, -0.1) is 0 Å². The molecule has 1 aliphatic heterocycles. The number of hydrogen-bond acceptors (Lipinski definition) is 4. The molecule has 2 heterocycles. The fourth-order valence-corrected chi connectivity index (χ4v) is 3.76. The zero-order valence-corrected chi connectivity index (χ0v) is 14.8. The molecule has 7 nitrogen and oxygen atoms in total. The molecule has 25 heavy (non-hydrogen) atoms. The Labute approximate surface area is 147 Å². The highest BCUT2D eigenvalue weighted by atomic mass is 32.2. The first-order chi connectivity index (χ1) is 12.0. The maximum Gasteiger partial charge on any atom is 0.270 e. The van der Waals surface area contributed by atoms with E-state index in [-0.39, 0.29) is 17.3 Å². The summed E-state index contributed by atoms with van der Waals surface area (Å²) in [7, 11) is -2.12. The molecule has 2 N–H and O–H groups in total. The van der Waals surface area contributed by atoms with E-state index in [9.17, 15) is 13.2 Å². The van der Waals surface area contributed by atoms with Crippen molar-refractivity contribution in [1.29, 1.82) is 0 Å². The number of nitrogens with zero attached hydrogens (tertiary/aromatic N) is 1. The minimum atomic E-state index is -3.69. The summed E-state index contributed by atoms with van der Waals surface area (Å²) in [6.45, 7) is 1.60. The normalized spacial score (nSPS) is 14.7. The van der Waals surface area contributed by atoms with Gasteiger partial charge in [0.1, 0.15) is 16.3 Å². The number of carbonyl (C=O) groups excluding carboxylic acids is 1. The number of methoxy groups -OCH3 is 1. The second-order valence-electron chi connectivity index (χ2n) is 5.92. The number of aromatic amines is 1. The number of rotatable bonds is 6. The van der Waals surface area contributed by atoms with Crippen molar-refractivity contribution in [2.75, 3.05) is 20.2 Å². The molecule has 3 rings (SSSR count). The number of nitrogens with one attached hydrogen (secondary N) is 2. The Morgan fingerprint density at radius 2 is 1.92 bits per heavy atom. The Morgan fingerprint density at radius 3 is 2.56 bits per heavy atom. The van der Waals surface area contributed by atoms with Crippen molar-refractivity contribution in [2.45, 2.75) is 24.3 Å². The molecule has 1 aliphatic rings. The van der Waals surface area contributed by atoms with E-state index >= 15 is 0 Å². The van der Waals surface area contributed by atoms with E-state index in [4.69, 9.17) is 4.74 Å². The summed E-state index contributed by atoms with van der Waals surface area (Å²) in [5.41, 5.74) is 1.11. The number of hydrogen-bond donors (Lipinski definition) is 2. The number of likely N-dealkylation sites (tertiary alicyclic amines) is 1. The van der Waals surface area contributed by atoms with Gasteiger partial charge in [0.25, 0.3) is 5.91 Å². The quantitative estimate of drug-likeness (QED) is 0.818. The molecule has 0 saturated carbocycles. The third-order valence-corrected chi connectivity index (χ3v) is 5.60. The van der Waals surface area contributed by atoms with E-state index in [1.165, 1.54) is 12.3 Å². The molecular formula is C17H21N3O4S. The van der Waals surface area contributed by atoms with Crippen LogP contribution in [0.15, 0.2) is 41.4 Å². The number of sulfonamides is 1. The number of amides is 1. The number of carbonyl (C=O) groups is 1. The van der Waals surface area contributed by atoms with Crippen LogP contribution in [0.5, 0.6) is 5.75 Å². The topological polar surface area (TPSA) is 91.5 Å². The van der Waals surface area contributed by atoms with Gasteiger partial charge in [-0.25, -0.2) is 13.1 Å². The van der Waals surface area contributed by atoms with Gasteiger partial charge in [0.2, 0.25) is 10.0 Å². The molecule has 0 unspecified atom stereocenters. The van der Waals surface area contributed by atoms with Gasteiger partial charge in [-0.1, -0.05) is 12.1 Å². The lowest BCUT2D eigenvalue weighted by molar-refractivity contribution is 0.0787. The fourth-order valence-electron chi connectivity index (χ4n) is 2.75. The average molecular weight is 363 g/mol. The Balaban J connectivity index is 1.66. The molecule has 8 heteroatoms. The monoisotopic (exact) mass is 363 g/mol. The van der Waals surface area contributed by atoms with Crippen LogP contribution in [0.2, 0.25) is 0 Å². The predicted molar refractivity (Wildman–Crippen MR) is 92.9 cm³/mol. The smallest absolute Gasteiger partial charge is 0.270 e. The summed E-state index contributed by atoms with van der Waals surface area (Å²) in [6, 6.07) is 8.51. The van der Waals surface area contributed by atoms with Gasteiger partial charge in [0, 0.05) is 25.8 Å². The summed E-state index contributed by atoms with van der Waals surface area (Å²) in [4.78, 5) is 16.9. The Hall–Kier alpha value is -2.32. The van der Waals surface area contributed by atoms with Crippen LogP contribution in [0.4, 0.5) is 0 Å². The molecule has 1 saturated heterocycles. The highest BCUT2D eigenvalue weighted by Crippen LogP contribution is 2.17. The van der Waals surface area contributed by atoms with Crippen LogP contribution in [0.3, 0.4) is 0 Å². The highest BCUT2D eigenvalue weighted by molar-refractivity contribution is 7.89. The van der Waals surface area contributed by atoms with Gasteiger partial charge >= 0.3 is 0 Å². The second-order valence-corrected chi connectivity index (χ2v) is 7.69. The molecule has 0 bridgehead atoms. The standard InChI is InChI=1S/C17H21N3O4S/c1-24-14-6-4-13(5-7-14)11-19-25(22,23)15-10-16(18-12-15)17(21)20-8-2-3-9-20/h4-7,10,12,18-19H,2-3,8-9,11H2,1H3. The Kier molecular flexibility index (Phi) is 5.10. The van der Waals surface area contributed by atoms with E-state index < -0.39 is 10.0 Å². The summed E-state index contributed by atoms with van der Waals surface area (Å²) < 4.78 is 32.4. The molecule has 1 aromatic heterocycles. The zero-order chi connectivity index (χ0) is 17.9. The minimum Gasteiger partial charge on any atom is -0.497 e. The van der Waals surface area contributed by atoms with Crippen LogP contribution >= 0.6 is 0 Å². The van der Waals surface area contributed by atoms with Crippen molar-refractivity contribution in [1.82, 2.24) is 14.6 Å².